The average molecular weight is 520 g/mol. The fourth-order valence-electron chi connectivity index (χ4n) is 3.70. The highest BCUT2D eigenvalue weighted by Crippen LogP contribution is 2.18. The van der Waals surface area contributed by atoms with Crippen LogP contribution in [0.25, 0.3) is 0 Å². The Morgan fingerprint density at radius 3 is 2.11 bits per heavy atom. The number of hydrogen-bond donors (Lipinski definition) is 2. The highest BCUT2D eigenvalue weighted by atomic mass is 32.1. The van der Waals surface area contributed by atoms with Crippen molar-refractivity contribution in [1.29, 1.82) is 0 Å². The number of rotatable bonds is 11. The molecule has 2 aromatic carbocycles. The Labute approximate surface area is 217 Å². The highest BCUT2D eigenvalue weighted by molar-refractivity contribution is 7.15. The number of unbranched alkanes of at least 4 members (excludes halogenated alkanes) is 1. The number of benzene rings is 2. The second kappa shape index (κ2) is 12.7. The molecular weight excluding hydrogens is 493 g/mol. The van der Waals surface area contributed by atoms with Crippen LogP contribution >= 0.6 is 11.3 Å². The molecular formula is C27H26FN5O3S. The van der Waals surface area contributed by atoms with Crippen molar-refractivity contribution in [2.45, 2.75) is 38.6 Å². The van der Waals surface area contributed by atoms with Crippen molar-refractivity contribution < 1.29 is 14.0 Å². The lowest BCUT2D eigenvalue weighted by atomic mass is 10.1. The summed E-state index contributed by atoms with van der Waals surface area (Å²) >= 11 is 1.31. The second-order valence-electron chi connectivity index (χ2n) is 8.42. The molecule has 2 amide bonds. The van der Waals surface area contributed by atoms with Gasteiger partial charge in [0.15, 0.2) is 0 Å². The number of carbonyl (C=O) groups excluding carboxylic acids is 2. The molecule has 0 radical (unpaired) electrons. The Hall–Kier alpha value is -4.18. The Bertz CT molecular complexity index is 1410. The predicted octanol–water partition coefficient (Wildman–Crippen LogP) is 4.22. The van der Waals surface area contributed by atoms with Crippen LogP contribution in [-0.4, -0.2) is 26.6 Å². The standard InChI is InChI=1S/C27H26FN5O3S/c28-25-21(29-22(34)17-19-9-3-1-4-10-19)14-16-33(26(25)36)15-8-7-13-24-31-32-27(37-24)30-23(35)18-20-11-5-2-6-12-20/h1-6,9-12,14,16H,7-8,13,15,17-18H2,(H,29,34)(H,30,32,35). The molecule has 4 aromatic rings. The zero-order chi connectivity index (χ0) is 26.0. The molecule has 0 saturated carbocycles. The van der Waals surface area contributed by atoms with E-state index in [9.17, 15) is 18.8 Å². The quantitative estimate of drug-likeness (QED) is 0.289. The number of nitrogens with one attached hydrogen (secondary N) is 2. The molecule has 0 unspecified atom stereocenters. The van der Waals surface area contributed by atoms with E-state index < -0.39 is 17.3 Å². The van der Waals surface area contributed by atoms with Crippen molar-refractivity contribution in [3.8, 4) is 0 Å². The minimum Gasteiger partial charge on any atom is -0.323 e. The summed E-state index contributed by atoms with van der Waals surface area (Å²) in [6.07, 6.45) is 3.78. The number of pyridine rings is 1. The van der Waals surface area contributed by atoms with E-state index in [1.165, 1.54) is 28.2 Å². The Morgan fingerprint density at radius 2 is 1.46 bits per heavy atom. The van der Waals surface area contributed by atoms with Crippen LogP contribution in [0.2, 0.25) is 0 Å². The summed E-state index contributed by atoms with van der Waals surface area (Å²) in [6.45, 7) is 0.327. The van der Waals surface area contributed by atoms with E-state index in [2.05, 4.69) is 20.8 Å². The number of halogens is 1. The van der Waals surface area contributed by atoms with E-state index in [-0.39, 0.29) is 24.4 Å². The number of amides is 2. The van der Waals surface area contributed by atoms with Gasteiger partial charge in [-0.2, -0.15) is 4.39 Å². The number of carbonyl (C=O) groups is 2. The normalized spacial score (nSPS) is 10.7. The number of aromatic nitrogens is 3. The van der Waals surface area contributed by atoms with Gasteiger partial charge in [-0.05, 0) is 30.0 Å². The summed E-state index contributed by atoms with van der Waals surface area (Å²) in [5.74, 6) is -1.53. The monoisotopic (exact) mass is 519 g/mol. The third kappa shape index (κ3) is 7.65. The van der Waals surface area contributed by atoms with Gasteiger partial charge in [0.05, 0.1) is 18.5 Å². The average Bonchev–Trinajstić information content (AvgIpc) is 3.33. The first-order chi connectivity index (χ1) is 18.0. The predicted molar refractivity (Wildman–Crippen MR) is 141 cm³/mol. The van der Waals surface area contributed by atoms with Crippen molar-refractivity contribution in [2.24, 2.45) is 0 Å². The third-order valence-electron chi connectivity index (χ3n) is 5.55. The minimum absolute atomic E-state index is 0.0907. The summed E-state index contributed by atoms with van der Waals surface area (Å²) < 4.78 is 15.9. The van der Waals surface area contributed by atoms with Crippen molar-refractivity contribution in [3.63, 3.8) is 0 Å². The molecule has 8 nitrogen and oxygen atoms in total. The molecule has 0 aliphatic heterocycles. The van der Waals surface area contributed by atoms with Gasteiger partial charge in [0.2, 0.25) is 22.8 Å². The summed E-state index contributed by atoms with van der Waals surface area (Å²) in [6, 6.07) is 19.9. The van der Waals surface area contributed by atoms with E-state index in [1.807, 2.05) is 48.5 Å². The SMILES string of the molecule is O=C(Cc1ccccc1)Nc1nnc(CCCCn2ccc(NC(=O)Cc3ccccc3)c(F)c2=O)s1. The summed E-state index contributed by atoms with van der Waals surface area (Å²) in [5.41, 5.74) is 0.805. The van der Waals surface area contributed by atoms with Gasteiger partial charge >= 0.3 is 0 Å². The fraction of sp³-hybridized carbons (Fsp3) is 0.222. The molecule has 0 aliphatic carbocycles. The van der Waals surface area contributed by atoms with Crippen LogP contribution in [0.4, 0.5) is 15.2 Å². The molecule has 4 rings (SSSR count). The van der Waals surface area contributed by atoms with E-state index in [1.54, 1.807) is 12.1 Å². The molecule has 10 heteroatoms. The third-order valence-corrected chi connectivity index (χ3v) is 6.45. The van der Waals surface area contributed by atoms with Crippen molar-refractivity contribution in [1.82, 2.24) is 14.8 Å². The van der Waals surface area contributed by atoms with Gasteiger partial charge in [-0.15, -0.1) is 10.2 Å². The van der Waals surface area contributed by atoms with Gasteiger partial charge in [0.1, 0.15) is 5.01 Å². The fourth-order valence-corrected chi connectivity index (χ4v) is 4.50. The maximum atomic E-state index is 14.6. The van der Waals surface area contributed by atoms with Gasteiger partial charge in [-0.3, -0.25) is 14.4 Å². The van der Waals surface area contributed by atoms with E-state index in [4.69, 9.17) is 0 Å². The lowest BCUT2D eigenvalue weighted by Gasteiger charge is -2.10. The van der Waals surface area contributed by atoms with Gasteiger partial charge in [-0.1, -0.05) is 72.0 Å². The molecule has 0 aliphatic rings. The molecule has 0 fully saturated rings. The van der Waals surface area contributed by atoms with Crippen LogP contribution in [0.1, 0.15) is 29.0 Å². The molecule has 2 heterocycles. The lowest BCUT2D eigenvalue weighted by molar-refractivity contribution is -0.116. The molecule has 2 N–H and O–H groups in total. The van der Waals surface area contributed by atoms with Gasteiger partial charge in [0, 0.05) is 19.2 Å². The molecule has 0 spiro atoms. The molecule has 0 atom stereocenters. The topological polar surface area (TPSA) is 106 Å². The first-order valence-electron chi connectivity index (χ1n) is 11.9. The first-order valence-corrected chi connectivity index (χ1v) is 12.7. The van der Waals surface area contributed by atoms with E-state index in [0.717, 1.165) is 16.1 Å². The van der Waals surface area contributed by atoms with Crippen LogP contribution in [0, 0.1) is 5.82 Å². The van der Waals surface area contributed by atoms with Crippen LogP contribution in [0.3, 0.4) is 0 Å². The molecule has 0 saturated heterocycles. The second-order valence-corrected chi connectivity index (χ2v) is 9.48. The van der Waals surface area contributed by atoms with Crippen LogP contribution in [-0.2, 0) is 35.4 Å². The summed E-state index contributed by atoms with van der Waals surface area (Å²) in [4.78, 5) is 36.8. The van der Waals surface area contributed by atoms with Crippen LogP contribution in [0.15, 0.2) is 77.7 Å². The molecule has 0 bridgehead atoms. The van der Waals surface area contributed by atoms with Crippen molar-refractivity contribution >= 4 is 34.0 Å². The zero-order valence-electron chi connectivity index (χ0n) is 20.0. The molecule has 37 heavy (non-hydrogen) atoms. The zero-order valence-corrected chi connectivity index (χ0v) is 20.8. The Kier molecular flexibility index (Phi) is 8.88. The minimum atomic E-state index is -0.982. The molecule has 2 aromatic heterocycles. The largest absolute Gasteiger partial charge is 0.323 e. The van der Waals surface area contributed by atoms with Gasteiger partial charge < -0.3 is 15.2 Å². The van der Waals surface area contributed by atoms with Crippen molar-refractivity contribution in [2.75, 3.05) is 10.6 Å². The molecule has 190 valence electrons. The number of nitrogens with zero attached hydrogens (tertiary/aromatic N) is 3. The van der Waals surface area contributed by atoms with E-state index >= 15 is 0 Å². The van der Waals surface area contributed by atoms with Crippen LogP contribution < -0.4 is 16.2 Å². The smallest absolute Gasteiger partial charge is 0.288 e. The van der Waals surface area contributed by atoms with Gasteiger partial charge in [-0.25, -0.2) is 0 Å². The van der Waals surface area contributed by atoms with E-state index in [0.29, 0.717) is 30.9 Å². The summed E-state index contributed by atoms with van der Waals surface area (Å²) in [5, 5.41) is 14.6. The Morgan fingerprint density at radius 1 is 0.838 bits per heavy atom. The maximum absolute atomic E-state index is 14.6. The highest BCUT2D eigenvalue weighted by Gasteiger charge is 2.13. The maximum Gasteiger partial charge on any atom is 0.288 e. The number of anilines is 2. The number of aryl methyl sites for hydroxylation is 2. The number of hydrogen-bond acceptors (Lipinski definition) is 6. The van der Waals surface area contributed by atoms with Crippen LogP contribution in [0.5, 0.6) is 0 Å². The Balaban J connectivity index is 1.22. The van der Waals surface area contributed by atoms with Gasteiger partial charge in [0.25, 0.3) is 5.56 Å². The first kappa shape index (κ1) is 25.9. The van der Waals surface area contributed by atoms with Crippen molar-refractivity contribution in [3.05, 3.63) is 105 Å². The lowest BCUT2D eigenvalue weighted by Crippen LogP contribution is -2.25. The summed E-state index contributed by atoms with van der Waals surface area (Å²) in [7, 11) is 0.